The number of aryl methyl sites for hydroxylation is 1. The highest BCUT2D eigenvalue weighted by Gasteiger charge is 2.11. The summed E-state index contributed by atoms with van der Waals surface area (Å²) in [5.41, 5.74) is 10.2. The first-order valence-electron chi connectivity index (χ1n) is 7.57. The molecule has 1 aliphatic rings. The Morgan fingerprint density at radius 2 is 2.27 bits per heavy atom. The first-order valence-corrected chi connectivity index (χ1v) is 7.57. The average Bonchev–Trinajstić information content (AvgIpc) is 2.56. The minimum atomic E-state index is -0.0579. The van der Waals surface area contributed by atoms with Crippen molar-refractivity contribution in [1.82, 2.24) is 9.97 Å². The van der Waals surface area contributed by atoms with Crippen molar-refractivity contribution >= 4 is 22.8 Å². The summed E-state index contributed by atoms with van der Waals surface area (Å²) in [6, 6.07) is 5.91. The Balaban J connectivity index is 1.85. The van der Waals surface area contributed by atoms with Crippen molar-refractivity contribution in [2.75, 3.05) is 6.61 Å². The molecule has 1 fully saturated rings. The molecule has 3 rings (SSSR count). The van der Waals surface area contributed by atoms with Crippen LogP contribution in [0, 0.1) is 6.92 Å². The largest absolute Gasteiger partial charge is 0.404 e. The molecule has 1 aliphatic heterocycles. The van der Waals surface area contributed by atoms with Crippen molar-refractivity contribution in [3.63, 3.8) is 0 Å². The predicted octanol–water partition coefficient (Wildman–Crippen LogP) is 2.84. The predicted molar refractivity (Wildman–Crippen MR) is 88.5 cm³/mol. The third kappa shape index (κ3) is 3.31. The van der Waals surface area contributed by atoms with Crippen LogP contribution < -0.4 is 5.73 Å². The lowest BCUT2D eigenvalue weighted by Gasteiger charge is -2.18. The van der Waals surface area contributed by atoms with E-state index in [1.165, 1.54) is 0 Å². The number of aliphatic imine (C=N–C) groups is 1. The number of hydrogen-bond acceptors (Lipinski definition) is 5. The number of fused-ring (bicyclic) bond motifs is 1. The molecule has 2 aromatic heterocycles. The van der Waals surface area contributed by atoms with Crippen molar-refractivity contribution in [1.29, 1.82) is 0 Å². The van der Waals surface area contributed by atoms with Crippen LogP contribution in [0.25, 0.3) is 16.6 Å². The Morgan fingerprint density at radius 3 is 3.05 bits per heavy atom. The Bertz CT molecular complexity index is 718. The SMILES string of the molecule is Cc1ccc2ncc(C(C=NC3CCCCO3)=CN)cc2n1. The van der Waals surface area contributed by atoms with E-state index >= 15 is 0 Å². The molecule has 3 heterocycles. The molecule has 1 saturated heterocycles. The monoisotopic (exact) mass is 296 g/mol. The fourth-order valence-electron chi connectivity index (χ4n) is 2.48. The molecule has 0 saturated carbocycles. The van der Waals surface area contributed by atoms with Crippen LogP contribution in [-0.4, -0.2) is 29.0 Å². The summed E-state index contributed by atoms with van der Waals surface area (Å²) < 4.78 is 5.60. The maximum atomic E-state index is 5.75. The van der Waals surface area contributed by atoms with Crippen LogP contribution in [-0.2, 0) is 4.74 Å². The van der Waals surface area contributed by atoms with Gasteiger partial charge in [-0.25, -0.2) is 0 Å². The number of allylic oxidation sites excluding steroid dienone is 1. The van der Waals surface area contributed by atoms with Gasteiger partial charge in [-0.05, 0) is 44.4 Å². The smallest absolute Gasteiger partial charge is 0.148 e. The second-order valence-corrected chi connectivity index (χ2v) is 5.44. The van der Waals surface area contributed by atoms with E-state index in [0.717, 1.165) is 53.7 Å². The van der Waals surface area contributed by atoms with Gasteiger partial charge in [0.25, 0.3) is 0 Å². The van der Waals surface area contributed by atoms with E-state index in [4.69, 9.17) is 10.5 Å². The molecule has 1 atom stereocenters. The number of nitrogens with zero attached hydrogens (tertiary/aromatic N) is 3. The maximum Gasteiger partial charge on any atom is 0.148 e. The molecule has 114 valence electrons. The highest BCUT2D eigenvalue weighted by atomic mass is 16.5. The zero-order chi connectivity index (χ0) is 15.4. The van der Waals surface area contributed by atoms with Gasteiger partial charge in [0.1, 0.15) is 6.23 Å². The number of aromatic nitrogens is 2. The molecule has 0 radical (unpaired) electrons. The van der Waals surface area contributed by atoms with Gasteiger partial charge < -0.3 is 10.5 Å². The van der Waals surface area contributed by atoms with Gasteiger partial charge >= 0.3 is 0 Å². The van der Waals surface area contributed by atoms with Crippen molar-refractivity contribution < 1.29 is 4.74 Å². The van der Waals surface area contributed by atoms with Gasteiger partial charge in [-0.1, -0.05) is 0 Å². The second kappa shape index (κ2) is 6.66. The zero-order valence-electron chi connectivity index (χ0n) is 12.7. The summed E-state index contributed by atoms with van der Waals surface area (Å²) in [5, 5.41) is 0. The Labute approximate surface area is 129 Å². The van der Waals surface area contributed by atoms with E-state index in [-0.39, 0.29) is 6.23 Å². The van der Waals surface area contributed by atoms with Gasteiger partial charge in [-0.15, -0.1) is 0 Å². The number of rotatable bonds is 3. The van der Waals surface area contributed by atoms with Crippen LogP contribution in [0.3, 0.4) is 0 Å². The van der Waals surface area contributed by atoms with Crippen molar-refractivity contribution in [3.05, 3.63) is 41.9 Å². The molecular weight excluding hydrogens is 276 g/mol. The fraction of sp³-hybridized carbons (Fsp3) is 0.353. The lowest BCUT2D eigenvalue weighted by molar-refractivity contribution is 0.0227. The highest BCUT2D eigenvalue weighted by Crippen LogP contribution is 2.18. The molecule has 2 aromatic rings. The highest BCUT2D eigenvalue weighted by molar-refractivity contribution is 6.10. The van der Waals surface area contributed by atoms with Gasteiger partial charge in [-0.2, -0.15) is 0 Å². The van der Waals surface area contributed by atoms with Crippen LogP contribution >= 0.6 is 0 Å². The van der Waals surface area contributed by atoms with E-state index < -0.39 is 0 Å². The quantitative estimate of drug-likeness (QED) is 0.884. The van der Waals surface area contributed by atoms with Crippen LogP contribution in [0.15, 0.2) is 35.6 Å². The molecule has 1 unspecified atom stereocenters. The van der Waals surface area contributed by atoms with Gasteiger partial charge in [0, 0.05) is 42.0 Å². The van der Waals surface area contributed by atoms with E-state index in [1.54, 1.807) is 18.6 Å². The van der Waals surface area contributed by atoms with Gasteiger partial charge in [-0.3, -0.25) is 15.0 Å². The second-order valence-electron chi connectivity index (χ2n) is 5.44. The number of nitrogens with two attached hydrogens (primary N) is 1. The van der Waals surface area contributed by atoms with Gasteiger partial charge in [0.15, 0.2) is 0 Å². The molecule has 0 aromatic carbocycles. The molecular formula is C17H20N4O. The van der Waals surface area contributed by atoms with Gasteiger partial charge in [0.2, 0.25) is 0 Å². The van der Waals surface area contributed by atoms with Crippen LogP contribution in [0.1, 0.15) is 30.5 Å². The van der Waals surface area contributed by atoms with Gasteiger partial charge in [0.05, 0.1) is 11.0 Å². The Morgan fingerprint density at radius 1 is 1.36 bits per heavy atom. The van der Waals surface area contributed by atoms with Crippen LogP contribution in [0.5, 0.6) is 0 Å². The average molecular weight is 296 g/mol. The topological polar surface area (TPSA) is 73.4 Å². The first kappa shape index (κ1) is 14.7. The number of pyridine rings is 2. The molecule has 22 heavy (non-hydrogen) atoms. The lowest BCUT2D eigenvalue weighted by Crippen LogP contribution is -2.16. The van der Waals surface area contributed by atoms with Crippen molar-refractivity contribution in [2.45, 2.75) is 32.4 Å². The summed E-state index contributed by atoms with van der Waals surface area (Å²) in [7, 11) is 0. The van der Waals surface area contributed by atoms with Crippen molar-refractivity contribution in [2.24, 2.45) is 10.7 Å². The lowest BCUT2D eigenvalue weighted by atomic mass is 10.1. The molecule has 5 nitrogen and oxygen atoms in total. The molecule has 2 N–H and O–H groups in total. The molecule has 0 spiro atoms. The number of ether oxygens (including phenoxy) is 1. The Kier molecular flexibility index (Phi) is 4.44. The first-order chi connectivity index (χ1) is 10.8. The van der Waals surface area contributed by atoms with E-state index in [9.17, 15) is 0 Å². The Hall–Kier alpha value is -2.27. The minimum Gasteiger partial charge on any atom is -0.404 e. The third-order valence-corrected chi connectivity index (χ3v) is 3.73. The summed E-state index contributed by atoms with van der Waals surface area (Å²) in [4.78, 5) is 13.4. The summed E-state index contributed by atoms with van der Waals surface area (Å²) >= 11 is 0. The standard InChI is InChI=1S/C17H20N4O/c1-12-5-6-15-16(21-12)8-13(10-19-15)14(9-18)11-20-17-4-2-3-7-22-17/h5-6,8-11,17H,2-4,7,18H2,1H3. The fourth-order valence-corrected chi connectivity index (χ4v) is 2.48. The van der Waals surface area contributed by atoms with Crippen molar-refractivity contribution in [3.8, 4) is 0 Å². The van der Waals surface area contributed by atoms with E-state index in [2.05, 4.69) is 15.0 Å². The number of hydrogen-bond donors (Lipinski definition) is 1. The maximum absolute atomic E-state index is 5.75. The summed E-state index contributed by atoms with van der Waals surface area (Å²) in [5.74, 6) is 0. The molecule has 0 aliphatic carbocycles. The van der Waals surface area contributed by atoms with Crippen LogP contribution in [0.4, 0.5) is 0 Å². The zero-order valence-corrected chi connectivity index (χ0v) is 12.7. The minimum absolute atomic E-state index is 0.0579. The van der Waals surface area contributed by atoms with E-state index in [1.807, 2.05) is 25.1 Å². The van der Waals surface area contributed by atoms with E-state index in [0.29, 0.717) is 0 Å². The third-order valence-electron chi connectivity index (χ3n) is 3.73. The summed E-state index contributed by atoms with van der Waals surface area (Å²) in [6.45, 7) is 2.75. The normalized spacial score (nSPS) is 19.9. The summed E-state index contributed by atoms with van der Waals surface area (Å²) in [6.07, 6.45) is 8.30. The molecule has 0 bridgehead atoms. The molecule has 0 amide bonds. The molecule has 5 heteroatoms. The van der Waals surface area contributed by atoms with Crippen LogP contribution in [0.2, 0.25) is 0 Å².